The average molecular weight is 252 g/mol. The molecule has 2 nitrogen and oxygen atoms in total. The summed E-state index contributed by atoms with van der Waals surface area (Å²) in [6, 6.07) is 0. The first-order valence-corrected chi connectivity index (χ1v) is 6.99. The zero-order chi connectivity index (χ0) is 14.1. The summed E-state index contributed by atoms with van der Waals surface area (Å²) in [5, 5.41) is 0. The van der Waals surface area contributed by atoms with E-state index in [2.05, 4.69) is 39.8 Å². The summed E-state index contributed by atoms with van der Waals surface area (Å²) in [7, 11) is 0. The minimum Gasteiger partial charge on any atom is -0.303 e. The van der Waals surface area contributed by atoms with E-state index < -0.39 is 0 Å². The second-order valence-corrected chi connectivity index (χ2v) is 5.81. The van der Waals surface area contributed by atoms with E-state index in [-0.39, 0.29) is 11.7 Å². The Hall–Kier alpha value is -0.920. The molecule has 0 bridgehead atoms. The lowest BCUT2D eigenvalue weighted by molar-refractivity contribution is -0.121. The highest BCUT2D eigenvalue weighted by Crippen LogP contribution is 2.20. The van der Waals surface area contributed by atoms with E-state index in [0.29, 0.717) is 24.2 Å². The van der Waals surface area contributed by atoms with Crippen LogP contribution in [0.25, 0.3) is 0 Å². The maximum Gasteiger partial charge on any atom is 0.133 e. The molecular formula is C16H28O2. The summed E-state index contributed by atoms with van der Waals surface area (Å²) in [4.78, 5) is 22.0. The van der Waals surface area contributed by atoms with Crippen LogP contribution in [0.4, 0.5) is 0 Å². The number of hydrogen-bond acceptors (Lipinski definition) is 2. The van der Waals surface area contributed by atoms with Crippen molar-refractivity contribution in [1.29, 1.82) is 0 Å². The Labute approximate surface area is 112 Å². The average Bonchev–Trinajstić information content (AvgIpc) is 2.25. The van der Waals surface area contributed by atoms with Gasteiger partial charge in [0.15, 0.2) is 0 Å². The van der Waals surface area contributed by atoms with Crippen molar-refractivity contribution >= 4 is 12.1 Å². The van der Waals surface area contributed by atoms with Crippen LogP contribution in [-0.2, 0) is 9.59 Å². The second-order valence-electron chi connectivity index (χ2n) is 5.81. The van der Waals surface area contributed by atoms with Crippen molar-refractivity contribution in [3.05, 3.63) is 12.2 Å². The standard InChI is InChI=1S/C16H28O2/c1-12(2)15(10-11-17)8-6-7-9-16(13(3)4)14(5)18/h6-7,11-13,15-16H,8-10H2,1-5H3/b7-6-. The van der Waals surface area contributed by atoms with Gasteiger partial charge in [0.2, 0.25) is 0 Å². The minimum atomic E-state index is 0.129. The molecule has 104 valence electrons. The van der Waals surface area contributed by atoms with Gasteiger partial charge >= 0.3 is 0 Å². The number of carbonyl (C=O) groups is 2. The molecule has 0 fully saturated rings. The van der Waals surface area contributed by atoms with Crippen LogP contribution in [0.2, 0.25) is 0 Å². The number of aldehydes is 1. The van der Waals surface area contributed by atoms with E-state index in [1.807, 2.05) is 0 Å². The summed E-state index contributed by atoms with van der Waals surface area (Å²) < 4.78 is 0. The number of ketones is 1. The lowest BCUT2D eigenvalue weighted by Gasteiger charge is -2.17. The van der Waals surface area contributed by atoms with Gasteiger partial charge < -0.3 is 4.79 Å². The van der Waals surface area contributed by atoms with Crippen LogP contribution in [0.15, 0.2) is 12.2 Å². The third kappa shape index (κ3) is 6.73. The molecule has 0 saturated heterocycles. The summed E-state index contributed by atoms with van der Waals surface area (Å²) in [5.74, 6) is 1.73. The van der Waals surface area contributed by atoms with Gasteiger partial charge in [-0.15, -0.1) is 0 Å². The van der Waals surface area contributed by atoms with Crippen LogP contribution in [0.5, 0.6) is 0 Å². The van der Waals surface area contributed by atoms with E-state index in [9.17, 15) is 9.59 Å². The normalized spacial score (nSPS) is 15.3. The van der Waals surface area contributed by atoms with Crippen molar-refractivity contribution in [3.8, 4) is 0 Å². The first-order chi connectivity index (χ1) is 8.40. The topological polar surface area (TPSA) is 34.1 Å². The Morgan fingerprint density at radius 2 is 1.50 bits per heavy atom. The highest BCUT2D eigenvalue weighted by molar-refractivity contribution is 5.78. The monoisotopic (exact) mass is 252 g/mol. The fourth-order valence-electron chi connectivity index (χ4n) is 2.19. The predicted molar refractivity (Wildman–Crippen MR) is 76.4 cm³/mol. The highest BCUT2D eigenvalue weighted by atomic mass is 16.1. The van der Waals surface area contributed by atoms with Crippen LogP contribution in [0.3, 0.4) is 0 Å². The number of carbonyl (C=O) groups excluding carboxylic acids is 2. The minimum absolute atomic E-state index is 0.129. The van der Waals surface area contributed by atoms with Crippen LogP contribution in [0.1, 0.15) is 53.9 Å². The molecule has 0 aliphatic rings. The third-order valence-corrected chi connectivity index (χ3v) is 3.66. The molecule has 0 aromatic heterocycles. The molecule has 0 spiro atoms. The Balaban J connectivity index is 4.22. The number of hydrogen-bond donors (Lipinski definition) is 0. The summed E-state index contributed by atoms with van der Waals surface area (Å²) in [6.45, 7) is 10.1. The van der Waals surface area contributed by atoms with Gasteiger partial charge in [-0.05, 0) is 37.5 Å². The molecule has 0 rings (SSSR count). The smallest absolute Gasteiger partial charge is 0.133 e. The maximum absolute atomic E-state index is 11.4. The van der Waals surface area contributed by atoms with E-state index in [1.54, 1.807) is 6.92 Å². The molecule has 0 amide bonds. The first kappa shape index (κ1) is 17.1. The maximum atomic E-state index is 11.4. The Kier molecular flexibility index (Phi) is 8.61. The van der Waals surface area contributed by atoms with Crippen molar-refractivity contribution < 1.29 is 9.59 Å². The van der Waals surface area contributed by atoms with Crippen LogP contribution < -0.4 is 0 Å². The van der Waals surface area contributed by atoms with Gasteiger partial charge in [-0.25, -0.2) is 0 Å². The molecule has 0 radical (unpaired) electrons. The van der Waals surface area contributed by atoms with Crippen molar-refractivity contribution in [2.45, 2.75) is 53.9 Å². The Bertz CT molecular complexity index is 277. The lowest BCUT2D eigenvalue weighted by atomic mass is 9.87. The van der Waals surface area contributed by atoms with Crippen molar-refractivity contribution in [2.75, 3.05) is 0 Å². The predicted octanol–water partition coefficient (Wildman–Crippen LogP) is 4.05. The van der Waals surface area contributed by atoms with Crippen LogP contribution >= 0.6 is 0 Å². The Morgan fingerprint density at radius 1 is 0.944 bits per heavy atom. The van der Waals surface area contributed by atoms with Gasteiger partial charge in [0.1, 0.15) is 12.1 Å². The highest BCUT2D eigenvalue weighted by Gasteiger charge is 2.16. The summed E-state index contributed by atoms with van der Waals surface area (Å²) in [6.07, 6.45) is 7.62. The molecule has 2 unspecified atom stereocenters. The summed E-state index contributed by atoms with van der Waals surface area (Å²) in [5.41, 5.74) is 0. The van der Waals surface area contributed by atoms with E-state index >= 15 is 0 Å². The molecule has 0 heterocycles. The molecule has 0 aliphatic carbocycles. The van der Waals surface area contributed by atoms with Gasteiger partial charge in [-0.2, -0.15) is 0 Å². The molecule has 0 N–H and O–H groups in total. The molecule has 2 atom stereocenters. The zero-order valence-corrected chi connectivity index (χ0v) is 12.5. The van der Waals surface area contributed by atoms with Gasteiger partial charge in [0, 0.05) is 12.3 Å². The number of Topliss-reactive ketones (excluding diaryl/α,β-unsaturated/α-hetero) is 1. The SMILES string of the molecule is CC(=O)C(C/C=C\CC(CC=O)C(C)C)C(C)C. The van der Waals surface area contributed by atoms with Gasteiger partial charge in [-0.3, -0.25) is 4.79 Å². The van der Waals surface area contributed by atoms with E-state index in [0.717, 1.165) is 19.1 Å². The molecule has 2 heteroatoms. The lowest BCUT2D eigenvalue weighted by Crippen LogP contribution is -2.16. The van der Waals surface area contributed by atoms with Crippen LogP contribution in [-0.4, -0.2) is 12.1 Å². The van der Waals surface area contributed by atoms with Gasteiger partial charge in [0.25, 0.3) is 0 Å². The fraction of sp³-hybridized carbons (Fsp3) is 0.750. The van der Waals surface area contributed by atoms with Gasteiger partial charge in [-0.1, -0.05) is 39.8 Å². The fourth-order valence-corrected chi connectivity index (χ4v) is 2.19. The van der Waals surface area contributed by atoms with Crippen LogP contribution in [0, 0.1) is 23.7 Å². The summed E-state index contributed by atoms with van der Waals surface area (Å²) >= 11 is 0. The Morgan fingerprint density at radius 3 is 1.89 bits per heavy atom. The molecule has 0 aromatic rings. The molecular weight excluding hydrogens is 224 g/mol. The third-order valence-electron chi connectivity index (χ3n) is 3.66. The largest absolute Gasteiger partial charge is 0.303 e. The quantitative estimate of drug-likeness (QED) is 0.458. The zero-order valence-electron chi connectivity index (χ0n) is 12.5. The van der Waals surface area contributed by atoms with E-state index in [1.165, 1.54) is 0 Å². The number of allylic oxidation sites excluding steroid dienone is 2. The molecule has 0 saturated carbocycles. The molecule has 0 aromatic carbocycles. The van der Waals surface area contributed by atoms with Crippen molar-refractivity contribution in [2.24, 2.45) is 23.7 Å². The molecule has 0 aliphatic heterocycles. The first-order valence-electron chi connectivity index (χ1n) is 6.99. The van der Waals surface area contributed by atoms with E-state index in [4.69, 9.17) is 0 Å². The number of rotatable bonds is 9. The van der Waals surface area contributed by atoms with Crippen molar-refractivity contribution in [1.82, 2.24) is 0 Å². The second kappa shape index (κ2) is 9.07. The van der Waals surface area contributed by atoms with Gasteiger partial charge in [0.05, 0.1) is 0 Å². The molecule has 18 heavy (non-hydrogen) atoms. The van der Waals surface area contributed by atoms with Crippen molar-refractivity contribution in [3.63, 3.8) is 0 Å².